The number of halogens is 3. The van der Waals surface area contributed by atoms with Crippen LogP contribution in [0.2, 0.25) is 0 Å². The van der Waals surface area contributed by atoms with Crippen LogP contribution in [0.1, 0.15) is 0 Å². The molecule has 2 atom stereocenters. The number of hydrogen-bond donors (Lipinski definition) is 1. The Balaban J connectivity index is 2.15. The van der Waals surface area contributed by atoms with Crippen LogP contribution >= 0.6 is 11.6 Å². The zero-order valence-electron chi connectivity index (χ0n) is 10.5. The van der Waals surface area contributed by atoms with E-state index in [9.17, 15) is 13.6 Å². The van der Waals surface area contributed by atoms with Crippen molar-refractivity contribution in [1.82, 2.24) is 0 Å². The summed E-state index contributed by atoms with van der Waals surface area (Å²) >= 11 is 5.09. The molecule has 0 spiro atoms. The summed E-state index contributed by atoms with van der Waals surface area (Å²) in [5, 5.41) is -1.02. The molecule has 0 aliphatic carbocycles. The zero-order valence-corrected chi connectivity index (χ0v) is 11.2. The van der Waals surface area contributed by atoms with Gasteiger partial charge in [-0.1, -0.05) is 0 Å². The molecule has 2 rings (SSSR count). The molecule has 4 nitrogen and oxygen atoms in total. The first-order chi connectivity index (χ1) is 9.40. The summed E-state index contributed by atoms with van der Waals surface area (Å²) in [7, 11) is 1.50. The Morgan fingerprint density at radius 2 is 2.05 bits per heavy atom. The standard InChI is InChI=1S/C13H12ClF2NO3/c1-19-9-4-2-8(3-5-9)17-12(13(14,15)16)10-6-7-11(18)20-10/h2-7,10,12,17H,1H3/t10-,12-/m0/s1. The van der Waals surface area contributed by atoms with Crippen LogP contribution in [0.5, 0.6) is 5.75 Å². The largest absolute Gasteiger partial charge is 0.497 e. The Morgan fingerprint density at radius 1 is 1.40 bits per heavy atom. The molecule has 0 bridgehead atoms. The number of anilines is 1. The minimum Gasteiger partial charge on any atom is -0.497 e. The number of nitrogens with one attached hydrogen (secondary N) is 1. The van der Waals surface area contributed by atoms with Gasteiger partial charge >= 0.3 is 11.4 Å². The van der Waals surface area contributed by atoms with E-state index in [1.165, 1.54) is 13.2 Å². The van der Waals surface area contributed by atoms with E-state index in [1.54, 1.807) is 24.3 Å². The topological polar surface area (TPSA) is 47.6 Å². The van der Waals surface area contributed by atoms with E-state index < -0.39 is 23.5 Å². The summed E-state index contributed by atoms with van der Waals surface area (Å²) in [5.41, 5.74) is 0.410. The van der Waals surface area contributed by atoms with Crippen LogP contribution < -0.4 is 10.1 Å². The van der Waals surface area contributed by atoms with Gasteiger partial charge in [-0.05, 0) is 41.9 Å². The van der Waals surface area contributed by atoms with Gasteiger partial charge in [0.05, 0.1) is 7.11 Å². The number of carbonyl (C=O) groups is 1. The Kier molecular flexibility index (Phi) is 4.13. The fourth-order valence-electron chi connectivity index (χ4n) is 1.78. The molecule has 1 heterocycles. The second kappa shape index (κ2) is 5.66. The maximum Gasteiger partial charge on any atom is 0.345 e. The van der Waals surface area contributed by atoms with Gasteiger partial charge in [0.25, 0.3) is 0 Å². The van der Waals surface area contributed by atoms with Crippen molar-refractivity contribution in [1.29, 1.82) is 0 Å². The third kappa shape index (κ3) is 3.39. The maximum atomic E-state index is 13.4. The number of esters is 1. The summed E-state index contributed by atoms with van der Waals surface area (Å²) in [6, 6.07) is 4.79. The average Bonchev–Trinajstić information content (AvgIpc) is 2.81. The Morgan fingerprint density at radius 3 is 2.50 bits per heavy atom. The van der Waals surface area contributed by atoms with Crippen molar-refractivity contribution in [3.05, 3.63) is 36.4 Å². The number of ether oxygens (including phenoxy) is 2. The van der Waals surface area contributed by atoms with E-state index in [0.29, 0.717) is 11.4 Å². The van der Waals surface area contributed by atoms with Gasteiger partial charge in [0, 0.05) is 11.8 Å². The molecular weight excluding hydrogens is 292 g/mol. The van der Waals surface area contributed by atoms with E-state index in [2.05, 4.69) is 5.32 Å². The van der Waals surface area contributed by atoms with Gasteiger partial charge in [-0.25, -0.2) is 4.79 Å². The molecule has 1 aliphatic rings. The van der Waals surface area contributed by atoms with Crippen molar-refractivity contribution in [2.45, 2.75) is 17.5 Å². The molecule has 0 amide bonds. The summed E-state index contributed by atoms with van der Waals surface area (Å²) in [6.45, 7) is 0. The molecule has 0 aromatic heterocycles. The molecule has 1 aromatic carbocycles. The minimum atomic E-state index is -3.58. The minimum absolute atomic E-state index is 0.410. The summed E-state index contributed by atoms with van der Waals surface area (Å²) in [4.78, 5) is 11.0. The van der Waals surface area contributed by atoms with Gasteiger partial charge in [-0.2, -0.15) is 8.78 Å². The summed E-state index contributed by atoms with van der Waals surface area (Å²) in [5.74, 6) is -0.0747. The SMILES string of the molecule is COc1ccc(N[C@@H]([C@@H]2C=CC(=O)O2)C(F)(F)Cl)cc1. The molecule has 0 unspecified atom stereocenters. The highest BCUT2D eigenvalue weighted by atomic mass is 35.5. The van der Waals surface area contributed by atoms with Gasteiger partial charge in [0.1, 0.15) is 17.9 Å². The third-order valence-corrected chi connectivity index (χ3v) is 3.00. The van der Waals surface area contributed by atoms with Gasteiger partial charge in [-0.15, -0.1) is 0 Å². The monoisotopic (exact) mass is 303 g/mol. The van der Waals surface area contributed by atoms with Crippen LogP contribution in [0.4, 0.5) is 14.5 Å². The van der Waals surface area contributed by atoms with E-state index in [1.807, 2.05) is 0 Å². The van der Waals surface area contributed by atoms with Crippen LogP contribution in [-0.2, 0) is 9.53 Å². The Hall–Kier alpha value is -1.82. The first-order valence-corrected chi connectivity index (χ1v) is 6.14. The first-order valence-electron chi connectivity index (χ1n) is 5.76. The zero-order chi connectivity index (χ0) is 14.8. The fraction of sp³-hybridized carbons (Fsp3) is 0.308. The number of benzene rings is 1. The van der Waals surface area contributed by atoms with Crippen molar-refractivity contribution in [3.8, 4) is 5.75 Å². The molecule has 0 fully saturated rings. The Bertz CT molecular complexity index is 513. The second-order valence-electron chi connectivity index (χ2n) is 4.15. The fourth-order valence-corrected chi connectivity index (χ4v) is 1.96. The van der Waals surface area contributed by atoms with E-state index in [4.69, 9.17) is 21.1 Å². The predicted octanol–water partition coefficient (Wildman–Crippen LogP) is 2.79. The quantitative estimate of drug-likeness (QED) is 0.671. The van der Waals surface area contributed by atoms with Crippen molar-refractivity contribution in [3.63, 3.8) is 0 Å². The van der Waals surface area contributed by atoms with Crippen LogP contribution in [0.3, 0.4) is 0 Å². The van der Waals surface area contributed by atoms with Gasteiger partial charge < -0.3 is 14.8 Å². The summed E-state index contributed by atoms with van der Waals surface area (Å²) in [6.07, 6.45) is 1.22. The van der Waals surface area contributed by atoms with Gasteiger partial charge in [0.2, 0.25) is 0 Å². The molecule has 1 N–H and O–H groups in total. The van der Waals surface area contributed by atoms with E-state index in [-0.39, 0.29) is 0 Å². The van der Waals surface area contributed by atoms with Crippen molar-refractivity contribution in [2.75, 3.05) is 12.4 Å². The molecule has 7 heteroatoms. The molecule has 1 aliphatic heterocycles. The molecule has 1 aromatic rings. The number of rotatable bonds is 5. The molecular formula is C13H12ClF2NO3. The first kappa shape index (κ1) is 14.6. The number of hydrogen-bond acceptors (Lipinski definition) is 4. The highest BCUT2D eigenvalue weighted by molar-refractivity contribution is 6.22. The van der Waals surface area contributed by atoms with E-state index >= 15 is 0 Å². The van der Waals surface area contributed by atoms with Crippen LogP contribution in [-0.4, -0.2) is 30.6 Å². The van der Waals surface area contributed by atoms with Crippen LogP contribution in [0.25, 0.3) is 0 Å². The number of cyclic esters (lactones) is 1. The number of carbonyl (C=O) groups excluding carboxylic acids is 1. The number of methoxy groups -OCH3 is 1. The lowest BCUT2D eigenvalue weighted by Gasteiger charge is -2.27. The van der Waals surface area contributed by atoms with Crippen LogP contribution in [0.15, 0.2) is 36.4 Å². The predicted molar refractivity (Wildman–Crippen MR) is 70.2 cm³/mol. The molecule has 0 saturated heterocycles. The van der Waals surface area contributed by atoms with Gasteiger partial charge in [-0.3, -0.25) is 0 Å². The highest BCUT2D eigenvalue weighted by Crippen LogP contribution is 2.32. The third-order valence-electron chi connectivity index (χ3n) is 2.77. The van der Waals surface area contributed by atoms with Crippen molar-refractivity contribution < 1.29 is 23.0 Å². The molecule has 20 heavy (non-hydrogen) atoms. The molecule has 0 saturated carbocycles. The number of alkyl halides is 3. The maximum absolute atomic E-state index is 13.4. The van der Waals surface area contributed by atoms with Gasteiger partial charge in [0.15, 0.2) is 0 Å². The molecule has 0 radical (unpaired) electrons. The second-order valence-corrected chi connectivity index (χ2v) is 4.66. The smallest absolute Gasteiger partial charge is 0.345 e. The lowest BCUT2D eigenvalue weighted by molar-refractivity contribution is -0.140. The lowest BCUT2D eigenvalue weighted by Crippen LogP contribution is -2.45. The van der Waals surface area contributed by atoms with Crippen molar-refractivity contribution in [2.24, 2.45) is 0 Å². The average molecular weight is 304 g/mol. The van der Waals surface area contributed by atoms with Crippen molar-refractivity contribution >= 4 is 23.3 Å². The lowest BCUT2D eigenvalue weighted by atomic mass is 10.1. The summed E-state index contributed by atoms with van der Waals surface area (Å²) < 4.78 is 36.6. The highest BCUT2D eigenvalue weighted by Gasteiger charge is 2.45. The van der Waals surface area contributed by atoms with E-state index in [0.717, 1.165) is 6.08 Å². The Labute approximate surface area is 119 Å². The van der Waals surface area contributed by atoms with Crippen LogP contribution in [0, 0.1) is 0 Å². The normalized spacial score (nSPS) is 19.6. The molecule has 108 valence electrons.